The van der Waals surface area contributed by atoms with Crippen LogP contribution >= 0.6 is 0 Å². The number of carbonyl (C=O) groups excluding carboxylic acids is 1. The van der Waals surface area contributed by atoms with Crippen molar-refractivity contribution in [2.45, 2.75) is 58.1 Å². The van der Waals surface area contributed by atoms with Crippen molar-refractivity contribution in [3.63, 3.8) is 0 Å². The molecule has 11 heteroatoms. The second-order valence-corrected chi connectivity index (χ2v) is 11.0. The third-order valence-corrected chi connectivity index (χ3v) is 7.08. The maximum Gasteiger partial charge on any atom is 0.410 e. The number of rotatable bonds is 4. The van der Waals surface area contributed by atoms with Crippen LogP contribution in [0.25, 0.3) is 11.0 Å². The summed E-state index contributed by atoms with van der Waals surface area (Å²) >= 11 is 0. The lowest BCUT2D eigenvalue weighted by Gasteiger charge is -2.36. The van der Waals surface area contributed by atoms with Gasteiger partial charge in [-0.05, 0) is 57.9 Å². The van der Waals surface area contributed by atoms with E-state index in [2.05, 4.69) is 15.3 Å². The van der Waals surface area contributed by atoms with Crippen molar-refractivity contribution in [1.82, 2.24) is 19.4 Å². The lowest BCUT2D eigenvalue weighted by Crippen LogP contribution is -2.50. The molecule has 3 aromatic rings. The molecule has 0 bridgehead atoms. The van der Waals surface area contributed by atoms with Crippen LogP contribution in [0.4, 0.5) is 26.5 Å². The Labute approximate surface area is 226 Å². The SMILES string of the molecule is CC(C)(C)OC(=O)N1CCN(c2ccc(Nc3ncc4cc(C#N)c(=O)n(C5CCCC5)c4n3)c(F)c2)CC1. The van der Waals surface area contributed by atoms with E-state index in [4.69, 9.17) is 4.74 Å². The van der Waals surface area contributed by atoms with Crippen molar-refractivity contribution in [3.05, 3.63) is 52.2 Å². The van der Waals surface area contributed by atoms with Gasteiger partial charge in [0.15, 0.2) is 0 Å². The highest BCUT2D eigenvalue weighted by atomic mass is 19.1. The smallest absolute Gasteiger partial charge is 0.410 e. The van der Waals surface area contributed by atoms with Crippen LogP contribution in [0.5, 0.6) is 0 Å². The second-order valence-electron chi connectivity index (χ2n) is 11.0. The molecule has 1 aliphatic carbocycles. The number of hydrogen-bond donors (Lipinski definition) is 1. The lowest BCUT2D eigenvalue weighted by molar-refractivity contribution is 0.0240. The number of piperazine rings is 1. The molecule has 3 heterocycles. The first-order valence-corrected chi connectivity index (χ1v) is 13.2. The monoisotopic (exact) mass is 533 g/mol. The Balaban J connectivity index is 1.33. The van der Waals surface area contributed by atoms with Gasteiger partial charge in [0.25, 0.3) is 5.56 Å². The van der Waals surface area contributed by atoms with Crippen molar-refractivity contribution in [1.29, 1.82) is 5.26 Å². The topological polar surface area (TPSA) is 116 Å². The fraction of sp³-hybridized carbons (Fsp3) is 0.464. The van der Waals surface area contributed by atoms with E-state index in [1.165, 1.54) is 12.1 Å². The van der Waals surface area contributed by atoms with E-state index in [1.807, 2.05) is 37.8 Å². The van der Waals surface area contributed by atoms with Gasteiger partial charge >= 0.3 is 6.09 Å². The Kier molecular flexibility index (Phi) is 7.12. The minimum Gasteiger partial charge on any atom is -0.444 e. The summed E-state index contributed by atoms with van der Waals surface area (Å²) in [7, 11) is 0. The zero-order valence-electron chi connectivity index (χ0n) is 22.4. The van der Waals surface area contributed by atoms with Crippen molar-refractivity contribution in [2.24, 2.45) is 0 Å². The molecule has 2 fully saturated rings. The van der Waals surface area contributed by atoms with Gasteiger partial charge in [-0.1, -0.05) is 12.8 Å². The van der Waals surface area contributed by atoms with Gasteiger partial charge in [0.2, 0.25) is 5.95 Å². The van der Waals surface area contributed by atoms with Gasteiger partial charge in [0.1, 0.15) is 28.7 Å². The molecule has 0 unspecified atom stereocenters. The van der Waals surface area contributed by atoms with E-state index in [9.17, 15) is 14.9 Å². The Morgan fingerprint density at radius 2 is 1.87 bits per heavy atom. The number of hydrogen-bond acceptors (Lipinski definition) is 8. The number of carbonyl (C=O) groups is 1. The zero-order chi connectivity index (χ0) is 27.7. The molecule has 1 aromatic carbocycles. The first kappa shape index (κ1) is 26.4. The quantitative estimate of drug-likeness (QED) is 0.512. The second kappa shape index (κ2) is 10.5. The number of nitrogens with zero attached hydrogens (tertiary/aromatic N) is 6. The number of aromatic nitrogens is 3. The van der Waals surface area contributed by atoms with Crippen molar-refractivity contribution < 1.29 is 13.9 Å². The standard InChI is InChI=1S/C28H32FN7O3/c1-28(2,3)39-27(38)35-12-10-34(11-13-35)21-8-9-23(22(29)15-21)32-26-31-17-19-14-18(16-30)25(37)36(24(19)33-26)20-6-4-5-7-20/h8-9,14-15,17,20H,4-7,10-13H2,1-3H3,(H,31,32,33). The molecular formula is C28H32FN7O3. The maximum atomic E-state index is 15.2. The molecule has 1 aliphatic heterocycles. The molecule has 1 saturated carbocycles. The van der Waals surface area contributed by atoms with Gasteiger partial charge in [-0.15, -0.1) is 0 Å². The van der Waals surface area contributed by atoms with Crippen LogP contribution in [0.2, 0.25) is 0 Å². The highest BCUT2D eigenvalue weighted by molar-refractivity contribution is 5.77. The summed E-state index contributed by atoms with van der Waals surface area (Å²) in [6, 6.07) is 8.34. The Bertz CT molecular complexity index is 1490. The number of fused-ring (bicyclic) bond motifs is 1. The normalized spacial score (nSPS) is 16.4. The number of nitriles is 1. The summed E-state index contributed by atoms with van der Waals surface area (Å²) in [5, 5.41) is 13.0. The molecule has 2 aliphatic rings. The Morgan fingerprint density at radius 3 is 2.51 bits per heavy atom. The van der Waals surface area contributed by atoms with E-state index in [0.717, 1.165) is 25.7 Å². The summed E-state index contributed by atoms with van der Waals surface area (Å²) in [6.07, 6.45) is 4.92. The first-order chi connectivity index (χ1) is 18.6. The van der Waals surface area contributed by atoms with Crippen LogP contribution in [0.3, 0.4) is 0 Å². The first-order valence-electron chi connectivity index (χ1n) is 13.2. The van der Waals surface area contributed by atoms with Crippen LogP contribution in [0.1, 0.15) is 58.1 Å². The predicted octanol–water partition coefficient (Wildman–Crippen LogP) is 4.72. The van der Waals surface area contributed by atoms with Gasteiger partial charge < -0.3 is 19.9 Å². The number of amides is 1. The van der Waals surface area contributed by atoms with Crippen LogP contribution in [-0.2, 0) is 4.74 Å². The van der Waals surface area contributed by atoms with E-state index in [1.54, 1.807) is 21.7 Å². The summed E-state index contributed by atoms with van der Waals surface area (Å²) in [5.41, 5.74) is 0.497. The van der Waals surface area contributed by atoms with Gasteiger partial charge in [-0.2, -0.15) is 10.2 Å². The zero-order valence-corrected chi connectivity index (χ0v) is 22.4. The van der Waals surface area contributed by atoms with E-state index in [0.29, 0.717) is 42.9 Å². The van der Waals surface area contributed by atoms with Crippen LogP contribution in [0.15, 0.2) is 35.3 Å². The number of pyridine rings is 1. The fourth-order valence-corrected chi connectivity index (χ4v) is 5.16. The Hall–Kier alpha value is -4.20. The summed E-state index contributed by atoms with van der Waals surface area (Å²) < 4.78 is 22.2. The predicted molar refractivity (Wildman–Crippen MR) is 146 cm³/mol. The fourth-order valence-electron chi connectivity index (χ4n) is 5.16. The number of benzene rings is 1. The molecule has 1 N–H and O–H groups in total. The molecule has 5 rings (SSSR count). The highest BCUT2D eigenvalue weighted by Gasteiger charge is 2.27. The molecule has 1 saturated heterocycles. The van der Waals surface area contributed by atoms with Gasteiger partial charge in [0.05, 0.1) is 5.69 Å². The molecule has 0 atom stereocenters. The van der Waals surface area contributed by atoms with Crippen LogP contribution in [0, 0.1) is 17.1 Å². The molecule has 204 valence electrons. The van der Waals surface area contributed by atoms with Gasteiger partial charge in [-0.25, -0.2) is 14.2 Å². The van der Waals surface area contributed by atoms with E-state index in [-0.39, 0.29) is 34.9 Å². The average Bonchev–Trinajstić information content (AvgIpc) is 3.43. The third kappa shape index (κ3) is 5.65. The largest absolute Gasteiger partial charge is 0.444 e. The molecule has 39 heavy (non-hydrogen) atoms. The molecule has 0 spiro atoms. The molecule has 10 nitrogen and oxygen atoms in total. The maximum absolute atomic E-state index is 15.2. The average molecular weight is 534 g/mol. The summed E-state index contributed by atoms with van der Waals surface area (Å²) in [5.74, 6) is -0.310. The van der Waals surface area contributed by atoms with E-state index < -0.39 is 11.4 Å². The summed E-state index contributed by atoms with van der Waals surface area (Å²) in [6.45, 7) is 7.59. The van der Waals surface area contributed by atoms with Crippen molar-refractivity contribution in [2.75, 3.05) is 36.4 Å². The van der Waals surface area contributed by atoms with E-state index >= 15 is 4.39 Å². The van der Waals surface area contributed by atoms with Crippen LogP contribution < -0.4 is 15.8 Å². The third-order valence-electron chi connectivity index (χ3n) is 7.08. The highest BCUT2D eigenvalue weighted by Crippen LogP contribution is 2.31. The number of ether oxygens (including phenoxy) is 1. The molecule has 1 amide bonds. The van der Waals surface area contributed by atoms with Crippen molar-refractivity contribution in [3.8, 4) is 6.07 Å². The van der Waals surface area contributed by atoms with Gasteiger partial charge in [-0.3, -0.25) is 9.36 Å². The molecule has 0 radical (unpaired) electrons. The molecule has 2 aromatic heterocycles. The Morgan fingerprint density at radius 1 is 1.15 bits per heavy atom. The van der Waals surface area contributed by atoms with Crippen LogP contribution in [-0.4, -0.2) is 57.3 Å². The molecular weight excluding hydrogens is 501 g/mol. The number of halogens is 1. The minimum atomic E-state index is -0.553. The number of nitrogens with one attached hydrogen (secondary N) is 1. The number of anilines is 3. The van der Waals surface area contributed by atoms with Gasteiger partial charge in [0, 0.05) is 49.5 Å². The lowest BCUT2D eigenvalue weighted by atomic mass is 10.2. The van der Waals surface area contributed by atoms with Crippen molar-refractivity contribution >= 4 is 34.4 Å². The summed E-state index contributed by atoms with van der Waals surface area (Å²) in [4.78, 5) is 37.9. The minimum absolute atomic E-state index is 0.0251.